The highest BCUT2D eigenvalue weighted by atomic mass is 32.1. The first-order valence-electron chi connectivity index (χ1n) is 14.5. The smallest absolute Gasteiger partial charge is 0.0625 e. The van der Waals surface area contributed by atoms with Crippen molar-refractivity contribution in [3.05, 3.63) is 41.8 Å². The quantitative estimate of drug-likeness (QED) is 0.321. The Labute approximate surface area is 220 Å². The molecule has 5 rings (SSSR count). The van der Waals surface area contributed by atoms with E-state index < -0.39 is 0 Å². The second kappa shape index (κ2) is 8.81. The fourth-order valence-electron chi connectivity index (χ4n) is 9.87. The van der Waals surface area contributed by atoms with E-state index in [-0.39, 0.29) is 4.75 Å². The van der Waals surface area contributed by atoms with Crippen molar-refractivity contribution in [1.82, 2.24) is 9.78 Å². The summed E-state index contributed by atoms with van der Waals surface area (Å²) < 4.78 is 2.20. The Balaban J connectivity index is 1.32. The minimum Gasteiger partial charge on any atom is -0.265 e. The van der Waals surface area contributed by atoms with Gasteiger partial charge in [0.25, 0.3) is 0 Å². The van der Waals surface area contributed by atoms with Crippen molar-refractivity contribution in [3.8, 4) is 0 Å². The number of allylic oxidation sites excluding steroid dienone is 1. The Morgan fingerprint density at radius 3 is 2.40 bits per heavy atom. The van der Waals surface area contributed by atoms with E-state index in [9.17, 15) is 0 Å². The van der Waals surface area contributed by atoms with E-state index in [2.05, 4.69) is 58.9 Å². The van der Waals surface area contributed by atoms with Gasteiger partial charge in [-0.3, -0.25) is 4.68 Å². The standard InChI is InChI=1S/C32H50N2S/c1-9-32(8,35)25-14-16-30(6)24(18-25)10-11-26-28-13-12-27(31(28,7)17-15-29(26)30)20(2)19-34-23(5)21(3)22(4)33-34/h9,24-29,35H,1-2,10-19H2,3-8H3. The monoisotopic (exact) mass is 494 g/mol. The number of nitrogens with zero attached hydrogens (tertiary/aromatic N) is 2. The van der Waals surface area contributed by atoms with Crippen LogP contribution in [0.4, 0.5) is 0 Å². The van der Waals surface area contributed by atoms with E-state index in [0.717, 1.165) is 35.9 Å². The first kappa shape index (κ1) is 25.7. The molecule has 0 amide bonds. The van der Waals surface area contributed by atoms with Gasteiger partial charge in [-0.1, -0.05) is 32.1 Å². The zero-order valence-corrected chi connectivity index (χ0v) is 24.3. The number of thiol groups is 1. The van der Waals surface area contributed by atoms with Crippen molar-refractivity contribution in [2.45, 2.75) is 111 Å². The zero-order chi connectivity index (χ0) is 25.3. The fourth-order valence-corrected chi connectivity index (χ4v) is 10.1. The van der Waals surface area contributed by atoms with Gasteiger partial charge < -0.3 is 0 Å². The van der Waals surface area contributed by atoms with Crippen molar-refractivity contribution < 1.29 is 0 Å². The maximum absolute atomic E-state index is 5.01. The lowest BCUT2D eigenvalue weighted by molar-refractivity contribution is -0.117. The van der Waals surface area contributed by atoms with Crippen LogP contribution in [0.2, 0.25) is 0 Å². The molecule has 9 atom stereocenters. The van der Waals surface area contributed by atoms with Crippen LogP contribution in [0, 0.1) is 67.1 Å². The third-order valence-electron chi connectivity index (χ3n) is 12.5. The van der Waals surface area contributed by atoms with Crippen LogP contribution in [0.15, 0.2) is 24.8 Å². The molecule has 4 saturated carbocycles. The van der Waals surface area contributed by atoms with Crippen molar-refractivity contribution in [2.24, 2.45) is 46.3 Å². The molecule has 0 spiro atoms. The lowest BCUT2D eigenvalue weighted by Gasteiger charge is -2.62. The van der Waals surface area contributed by atoms with Gasteiger partial charge in [-0.05, 0) is 137 Å². The molecular formula is C32H50N2S. The summed E-state index contributed by atoms with van der Waals surface area (Å²) in [6.45, 7) is 23.9. The minimum atomic E-state index is -0.0215. The Bertz CT molecular complexity index is 1000. The van der Waals surface area contributed by atoms with E-state index in [4.69, 9.17) is 24.3 Å². The topological polar surface area (TPSA) is 17.8 Å². The van der Waals surface area contributed by atoms with E-state index in [1.54, 1.807) is 0 Å². The summed E-state index contributed by atoms with van der Waals surface area (Å²) in [5, 5.41) is 4.84. The Morgan fingerprint density at radius 1 is 1.06 bits per heavy atom. The van der Waals surface area contributed by atoms with Crippen LogP contribution < -0.4 is 0 Å². The summed E-state index contributed by atoms with van der Waals surface area (Å²) in [7, 11) is 0. The van der Waals surface area contributed by atoms with Gasteiger partial charge >= 0.3 is 0 Å². The average Bonchev–Trinajstić information content (AvgIpc) is 3.29. The largest absolute Gasteiger partial charge is 0.265 e. The molecule has 4 fully saturated rings. The fraction of sp³-hybridized carbons (Fsp3) is 0.781. The number of hydrogen-bond donors (Lipinski definition) is 1. The summed E-state index contributed by atoms with van der Waals surface area (Å²) in [5.41, 5.74) is 6.19. The molecule has 0 bridgehead atoms. The van der Waals surface area contributed by atoms with Gasteiger partial charge in [-0.2, -0.15) is 17.7 Å². The molecule has 1 aromatic rings. The molecule has 4 aliphatic carbocycles. The molecule has 9 unspecified atom stereocenters. The van der Waals surface area contributed by atoms with Gasteiger partial charge in [0.2, 0.25) is 0 Å². The van der Waals surface area contributed by atoms with Crippen LogP contribution in [-0.4, -0.2) is 14.5 Å². The molecular weight excluding hydrogens is 444 g/mol. The Morgan fingerprint density at radius 2 is 1.74 bits per heavy atom. The Hall–Kier alpha value is -0.960. The van der Waals surface area contributed by atoms with E-state index >= 15 is 0 Å². The third-order valence-corrected chi connectivity index (χ3v) is 13.0. The Kier molecular flexibility index (Phi) is 6.47. The predicted molar refractivity (Wildman–Crippen MR) is 152 cm³/mol. The molecule has 0 radical (unpaired) electrons. The first-order valence-corrected chi connectivity index (χ1v) is 14.9. The van der Waals surface area contributed by atoms with Gasteiger partial charge in [-0.15, -0.1) is 6.58 Å². The minimum absolute atomic E-state index is 0.0215. The van der Waals surface area contributed by atoms with E-state index in [0.29, 0.717) is 22.7 Å². The van der Waals surface area contributed by atoms with Crippen LogP contribution in [0.3, 0.4) is 0 Å². The van der Waals surface area contributed by atoms with Crippen LogP contribution in [0.25, 0.3) is 0 Å². The zero-order valence-electron chi connectivity index (χ0n) is 23.4. The highest BCUT2D eigenvalue weighted by Crippen LogP contribution is 2.69. The van der Waals surface area contributed by atoms with Crippen LogP contribution in [0.1, 0.15) is 95.5 Å². The van der Waals surface area contributed by atoms with Gasteiger partial charge in [0.05, 0.1) is 12.2 Å². The predicted octanol–water partition coefficient (Wildman–Crippen LogP) is 8.51. The molecule has 0 aliphatic heterocycles. The van der Waals surface area contributed by atoms with Crippen molar-refractivity contribution in [3.63, 3.8) is 0 Å². The summed E-state index contributed by atoms with van der Waals surface area (Å²) in [6.07, 6.45) is 14.6. The van der Waals surface area contributed by atoms with Crippen LogP contribution in [-0.2, 0) is 6.54 Å². The number of aromatic nitrogens is 2. The number of aryl methyl sites for hydroxylation is 1. The first-order chi connectivity index (χ1) is 16.4. The van der Waals surface area contributed by atoms with Crippen molar-refractivity contribution >= 4 is 12.6 Å². The highest BCUT2D eigenvalue weighted by Gasteiger charge is 2.60. The third kappa shape index (κ3) is 3.93. The number of hydrogen-bond acceptors (Lipinski definition) is 2. The molecule has 0 saturated heterocycles. The average molecular weight is 495 g/mol. The SMILES string of the molecule is C=CC(C)(S)C1CCC2(C)C(CCC3C2CCC2(C)C(C(=C)Cn4nc(C)c(C)c4C)CCC32)C1. The molecule has 194 valence electrons. The van der Waals surface area contributed by atoms with E-state index in [1.165, 1.54) is 74.6 Å². The molecule has 0 aromatic carbocycles. The highest BCUT2D eigenvalue weighted by molar-refractivity contribution is 7.82. The van der Waals surface area contributed by atoms with Gasteiger partial charge in [0.15, 0.2) is 0 Å². The molecule has 0 N–H and O–H groups in total. The molecule has 4 aliphatic rings. The molecule has 1 aromatic heterocycles. The number of fused-ring (bicyclic) bond motifs is 5. The second-order valence-corrected chi connectivity index (χ2v) is 14.8. The summed E-state index contributed by atoms with van der Waals surface area (Å²) in [5.74, 6) is 4.92. The summed E-state index contributed by atoms with van der Waals surface area (Å²) in [4.78, 5) is 0. The summed E-state index contributed by atoms with van der Waals surface area (Å²) >= 11 is 5.01. The number of rotatable bonds is 5. The van der Waals surface area contributed by atoms with Crippen molar-refractivity contribution in [1.29, 1.82) is 0 Å². The molecule has 1 heterocycles. The lowest BCUT2D eigenvalue weighted by atomic mass is 9.43. The molecule has 2 nitrogen and oxygen atoms in total. The van der Waals surface area contributed by atoms with Crippen LogP contribution in [0.5, 0.6) is 0 Å². The maximum Gasteiger partial charge on any atom is 0.0625 e. The summed E-state index contributed by atoms with van der Waals surface area (Å²) in [6, 6.07) is 0. The van der Waals surface area contributed by atoms with Gasteiger partial charge in [0, 0.05) is 10.4 Å². The van der Waals surface area contributed by atoms with Gasteiger partial charge in [0.1, 0.15) is 0 Å². The van der Waals surface area contributed by atoms with E-state index in [1.807, 2.05) is 0 Å². The lowest BCUT2D eigenvalue weighted by Crippen LogP contribution is -2.54. The van der Waals surface area contributed by atoms with Crippen LogP contribution >= 0.6 is 12.6 Å². The second-order valence-electron chi connectivity index (χ2n) is 13.8. The molecule has 3 heteroatoms. The van der Waals surface area contributed by atoms with Crippen molar-refractivity contribution in [2.75, 3.05) is 0 Å². The maximum atomic E-state index is 5.01. The molecule has 35 heavy (non-hydrogen) atoms. The van der Waals surface area contributed by atoms with Gasteiger partial charge in [-0.25, -0.2) is 0 Å². The normalized spacial score (nSPS) is 42.5.